The van der Waals surface area contributed by atoms with Crippen LogP contribution in [0.1, 0.15) is 24.2 Å². The van der Waals surface area contributed by atoms with E-state index in [-0.39, 0.29) is 5.91 Å². The fourth-order valence-corrected chi connectivity index (χ4v) is 2.53. The first-order valence-electron chi connectivity index (χ1n) is 7.61. The van der Waals surface area contributed by atoms with Crippen LogP contribution in [0.15, 0.2) is 48.9 Å². The zero-order chi connectivity index (χ0) is 17.1. The molecule has 0 aliphatic carbocycles. The number of anilines is 1. The molecule has 0 bridgehead atoms. The standard InChI is InChI=1S/C17H18ClN5O/c1-12-7-8-23(21-12)13(2)17(24)20-15-9-19-22(11-15)10-14-5-3-4-6-16(14)18/h3-9,11,13H,10H2,1-2H3,(H,20,24). The molecule has 0 aliphatic rings. The van der Waals surface area contributed by atoms with Gasteiger partial charge in [0.25, 0.3) is 0 Å². The lowest BCUT2D eigenvalue weighted by atomic mass is 10.2. The second-order valence-corrected chi connectivity index (χ2v) is 6.03. The van der Waals surface area contributed by atoms with E-state index in [2.05, 4.69) is 15.5 Å². The monoisotopic (exact) mass is 343 g/mol. The van der Waals surface area contributed by atoms with Gasteiger partial charge in [0.1, 0.15) is 6.04 Å². The molecule has 0 saturated carbocycles. The van der Waals surface area contributed by atoms with Gasteiger partial charge in [0, 0.05) is 17.4 Å². The maximum atomic E-state index is 12.3. The van der Waals surface area contributed by atoms with Gasteiger partial charge in [0.2, 0.25) is 5.91 Å². The van der Waals surface area contributed by atoms with Crippen molar-refractivity contribution in [3.05, 3.63) is 65.2 Å². The summed E-state index contributed by atoms with van der Waals surface area (Å²) in [5.74, 6) is -0.143. The van der Waals surface area contributed by atoms with Crippen molar-refractivity contribution in [3.8, 4) is 0 Å². The number of amides is 1. The van der Waals surface area contributed by atoms with Gasteiger partial charge >= 0.3 is 0 Å². The van der Waals surface area contributed by atoms with Crippen molar-refractivity contribution in [2.75, 3.05) is 5.32 Å². The molecule has 1 atom stereocenters. The van der Waals surface area contributed by atoms with Crippen molar-refractivity contribution >= 4 is 23.2 Å². The predicted octanol–water partition coefficient (Wildman–Crippen LogP) is 3.29. The normalized spacial score (nSPS) is 12.1. The average Bonchev–Trinajstić information content (AvgIpc) is 3.18. The van der Waals surface area contributed by atoms with Gasteiger partial charge in [-0.2, -0.15) is 10.2 Å². The summed E-state index contributed by atoms with van der Waals surface area (Å²) in [7, 11) is 0. The molecule has 6 nitrogen and oxygen atoms in total. The number of hydrogen-bond acceptors (Lipinski definition) is 3. The lowest BCUT2D eigenvalue weighted by Gasteiger charge is -2.11. The van der Waals surface area contributed by atoms with Crippen LogP contribution in [-0.2, 0) is 11.3 Å². The zero-order valence-corrected chi connectivity index (χ0v) is 14.2. The van der Waals surface area contributed by atoms with Crippen molar-refractivity contribution < 1.29 is 4.79 Å². The number of nitrogens with zero attached hydrogens (tertiary/aromatic N) is 4. The van der Waals surface area contributed by atoms with E-state index in [4.69, 9.17) is 11.6 Å². The Balaban J connectivity index is 1.65. The minimum Gasteiger partial charge on any atom is -0.322 e. The van der Waals surface area contributed by atoms with Gasteiger partial charge in [-0.05, 0) is 31.5 Å². The molecule has 0 aliphatic heterocycles. The summed E-state index contributed by atoms with van der Waals surface area (Å²) in [6, 6.07) is 9.08. The molecule has 0 radical (unpaired) electrons. The zero-order valence-electron chi connectivity index (χ0n) is 13.5. The first-order chi connectivity index (χ1) is 11.5. The van der Waals surface area contributed by atoms with E-state index in [0.29, 0.717) is 17.3 Å². The highest BCUT2D eigenvalue weighted by Gasteiger charge is 2.16. The van der Waals surface area contributed by atoms with Crippen molar-refractivity contribution in [3.63, 3.8) is 0 Å². The number of aryl methyl sites for hydroxylation is 1. The largest absolute Gasteiger partial charge is 0.322 e. The molecule has 0 fully saturated rings. The summed E-state index contributed by atoms with van der Waals surface area (Å²) < 4.78 is 3.37. The number of aromatic nitrogens is 4. The Morgan fingerprint density at radius 1 is 1.33 bits per heavy atom. The number of halogens is 1. The van der Waals surface area contributed by atoms with E-state index in [0.717, 1.165) is 11.3 Å². The molecule has 1 unspecified atom stereocenters. The van der Waals surface area contributed by atoms with E-state index in [1.54, 1.807) is 34.9 Å². The number of hydrogen-bond donors (Lipinski definition) is 1. The maximum absolute atomic E-state index is 12.3. The molecule has 124 valence electrons. The van der Waals surface area contributed by atoms with Gasteiger partial charge in [-0.15, -0.1) is 0 Å². The number of carbonyl (C=O) groups excluding carboxylic acids is 1. The van der Waals surface area contributed by atoms with Crippen molar-refractivity contribution in [1.29, 1.82) is 0 Å². The molecule has 7 heteroatoms. The molecule has 2 aromatic heterocycles. The maximum Gasteiger partial charge on any atom is 0.249 e. The summed E-state index contributed by atoms with van der Waals surface area (Å²) in [5.41, 5.74) is 2.49. The van der Waals surface area contributed by atoms with E-state index >= 15 is 0 Å². The third-order valence-electron chi connectivity index (χ3n) is 3.71. The Labute approximate surface area is 145 Å². The molecule has 0 saturated heterocycles. The number of benzene rings is 1. The first kappa shape index (κ1) is 16.3. The second-order valence-electron chi connectivity index (χ2n) is 5.62. The minimum atomic E-state index is -0.398. The van der Waals surface area contributed by atoms with Crippen LogP contribution in [0.3, 0.4) is 0 Å². The van der Waals surface area contributed by atoms with Crippen LogP contribution in [0.4, 0.5) is 5.69 Å². The number of nitrogens with one attached hydrogen (secondary N) is 1. The Hall–Kier alpha value is -2.60. The van der Waals surface area contributed by atoms with Crippen molar-refractivity contribution in [2.45, 2.75) is 26.4 Å². The summed E-state index contributed by atoms with van der Waals surface area (Å²) >= 11 is 6.16. The Kier molecular flexibility index (Phi) is 4.66. The minimum absolute atomic E-state index is 0.143. The van der Waals surface area contributed by atoms with Gasteiger partial charge in [0.05, 0.1) is 24.1 Å². The van der Waals surface area contributed by atoms with Crippen LogP contribution >= 0.6 is 11.6 Å². The molecule has 24 heavy (non-hydrogen) atoms. The van der Waals surface area contributed by atoms with Gasteiger partial charge in [-0.25, -0.2) is 0 Å². The van der Waals surface area contributed by atoms with Crippen LogP contribution in [0.5, 0.6) is 0 Å². The third-order valence-corrected chi connectivity index (χ3v) is 4.08. The van der Waals surface area contributed by atoms with Crippen LogP contribution in [-0.4, -0.2) is 25.5 Å². The lowest BCUT2D eigenvalue weighted by Crippen LogP contribution is -2.23. The van der Waals surface area contributed by atoms with E-state index in [1.807, 2.05) is 37.3 Å². The van der Waals surface area contributed by atoms with Crippen LogP contribution in [0, 0.1) is 6.92 Å². The predicted molar refractivity (Wildman–Crippen MR) is 93.1 cm³/mol. The molecule has 0 spiro atoms. The molecule has 3 rings (SSSR count). The van der Waals surface area contributed by atoms with Crippen molar-refractivity contribution in [2.24, 2.45) is 0 Å². The molecule has 1 amide bonds. The molecule has 1 N–H and O–H groups in total. The molecular weight excluding hydrogens is 326 g/mol. The highest BCUT2D eigenvalue weighted by atomic mass is 35.5. The lowest BCUT2D eigenvalue weighted by molar-refractivity contribution is -0.119. The molecular formula is C17H18ClN5O. The second kappa shape index (κ2) is 6.88. The SMILES string of the molecule is Cc1ccn(C(C)C(=O)Nc2cnn(Cc3ccccc3Cl)c2)n1. The summed E-state index contributed by atoms with van der Waals surface area (Å²) in [6.07, 6.45) is 5.19. The van der Waals surface area contributed by atoms with E-state index < -0.39 is 6.04 Å². The topological polar surface area (TPSA) is 64.7 Å². The van der Waals surface area contributed by atoms with Gasteiger partial charge in [-0.3, -0.25) is 14.2 Å². The third kappa shape index (κ3) is 3.65. The quantitative estimate of drug-likeness (QED) is 0.773. The summed E-state index contributed by atoms with van der Waals surface area (Å²) in [4.78, 5) is 12.3. The highest BCUT2D eigenvalue weighted by molar-refractivity contribution is 6.31. The van der Waals surface area contributed by atoms with E-state index in [1.165, 1.54) is 0 Å². The van der Waals surface area contributed by atoms with Crippen molar-refractivity contribution in [1.82, 2.24) is 19.6 Å². The first-order valence-corrected chi connectivity index (χ1v) is 7.99. The Bertz CT molecular complexity index is 854. The Morgan fingerprint density at radius 3 is 2.83 bits per heavy atom. The Morgan fingerprint density at radius 2 is 2.12 bits per heavy atom. The van der Waals surface area contributed by atoms with Crippen LogP contribution in [0.2, 0.25) is 5.02 Å². The fraction of sp³-hybridized carbons (Fsp3) is 0.235. The average molecular weight is 344 g/mol. The van der Waals surface area contributed by atoms with Gasteiger partial charge < -0.3 is 5.32 Å². The number of rotatable bonds is 5. The van der Waals surface area contributed by atoms with Crippen LogP contribution in [0.25, 0.3) is 0 Å². The molecule has 3 aromatic rings. The fourth-order valence-electron chi connectivity index (χ4n) is 2.33. The molecule has 2 heterocycles. The van der Waals surface area contributed by atoms with Crippen LogP contribution < -0.4 is 5.32 Å². The smallest absolute Gasteiger partial charge is 0.249 e. The molecule has 1 aromatic carbocycles. The summed E-state index contributed by atoms with van der Waals surface area (Å²) in [5, 5.41) is 12.1. The van der Waals surface area contributed by atoms with Gasteiger partial charge in [-0.1, -0.05) is 29.8 Å². The van der Waals surface area contributed by atoms with E-state index in [9.17, 15) is 4.79 Å². The van der Waals surface area contributed by atoms with Gasteiger partial charge in [0.15, 0.2) is 0 Å². The number of carbonyl (C=O) groups is 1. The highest BCUT2D eigenvalue weighted by Crippen LogP contribution is 2.17. The summed E-state index contributed by atoms with van der Waals surface area (Å²) in [6.45, 7) is 4.24.